The predicted octanol–water partition coefficient (Wildman–Crippen LogP) is 6.24. The van der Waals surface area contributed by atoms with Crippen LogP contribution in [-0.4, -0.2) is 143 Å². The number of rotatable bonds is 28. The maximum absolute atomic E-state index is 14.0. The molecule has 0 spiro atoms. The number of nitrogens with zero attached hydrogens (tertiary/aromatic N) is 9. The van der Waals surface area contributed by atoms with Gasteiger partial charge in [0.05, 0.1) is 53.0 Å². The second-order valence-corrected chi connectivity index (χ2v) is 22.5. The Labute approximate surface area is 533 Å². The summed E-state index contributed by atoms with van der Waals surface area (Å²) in [6.45, 7) is 13.3. The van der Waals surface area contributed by atoms with Gasteiger partial charge in [-0.1, -0.05) is 45.1 Å². The van der Waals surface area contributed by atoms with E-state index in [9.17, 15) is 43.2 Å². The van der Waals surface area contributed by atoms with Crippen LogP contribution in [0.25, 0.3) is 44.2 Å². The van der Waals surface area contributed by atoms with Gasteiger partial charge in [0.1, 0.15) is 35.7 Å². The van der Waals surface area contributed by atoms with E-state index in [2.05, 4.69) is 31.3 Å². The van der Waals surface area contributed by atoms with Crippen LogP contribution in [0, 0.1) is 19.8 Å². The van der Waals surface area contributed by atoms with Crippen molar-refractivity contribution in [3.05, 3.63) is 131 Å². The van der Waals surface area contributed by atoms with Gasteiger partial charge in [0.25, 0.3) is 17.7 Å². The standard InChI is InChI=1S/C65H73N15O13/c1-10-45-58(93-38(7)70-45)63(88)74-64-72-47-29-41(60(67)85)31-51(57(47)79(64)24-13-12-23-77-48-32-46(49-27-36(5)75-80(49)11-2)68-33-44(48)43-28-40(59(66)84)30-50(90-9)56(43)77)91-26-14-22-76(8)65(89)92-34-39-15-17-42(18-16-39)71-61(86)37(6)69-62(87)55(35(3)4)73-52(81)21-25-78-53(82)19-20-54(78)83/h12-13,15-20,27-33,35,37,55H,10-11,14,21-26,34H2,1-9H3,(H2,66,84)(H2,67,85)(H,69,87)(H,71,86)(H,73,81)(H,72,74,88)/b13-12+/t37-,55-/m0/s1. The fourth-order valence-corrected chi connectivity index (χ4v) is 10.6. The summed E-state index contributed by atoms with van der Waals surface area (Å²) in [5.41, 5.74) is 17.9. The zero-order valence-electron chi connectivity index (χ0n) is 53.0. The lowest BCUT2D eigenvalue weighted by Crippen LogP contribution is -2.54. The molecule has 9 rings (SSSR count). The average molecular weight is 1270 g/mol. The van der Waals surface area contributed by atoms with E-state index in [1.54, 1.807) is 75.0 Å². The number of amides is 9. The fourth-order valence-electron chi connectivity index (χ4n) is 10.6. The molecule has 2 atom stereocenters. The van der Waals surface area contributed by atoms with Crippen LogP contribution in [0.5, 0.6) is 11.5 Å². The van der Waals surface area contributed by atoms with Crippen LogP contribution in [0.3, 0.4) is 0 Å². The first kappa shape index (κ1) is 66.2. The summed E-state index contributed by atoms with van der Waals surface area (Å²) in [4.78, 5) is 132. The normalized spacial score (nSPS) is 12.9. The van der Waals surface area contributed by atoms with Crippen molar-refractivity contribution in [3.63, 3.8) is 0 Å². The topological polar surface area (TPSA) is 367 Å². The molecule has 0 bridgehead atoms. The number of carbonyl (C=O) groups is 9. The maximum Gasteiger partial charge on any atom is 0.409 e. The van der Waals surface area contributed by atoms with Crippen LogP contribution >= 0.6 is 0 Å². The second kappa shape index (κ2) is 28.7. The number of pyridine rings is 1. The average Bonchev–Trinajstić information content (AvgIpc) is 1.61. The van der Waals surface area contributed by atoms with Crippen molar-refractivity contribution in [2.24, 2.45) is 17.4 Å². The number of hydrogen-bond donors (Lipinski definition) is 6. The molecule has 28 nitrogen and oxygen atoms in total. The number of imidazole rings is 1. The van der Waals surface area contributed by atoms with Crippen molar-refractivity contribution in [1.82, 2.24) is 54.3 Å². The SMILES string of the molecule is CCc1nc(C)oc1C(=O)Nc1nc2cc(C(N)=O)cc(OCCCN(C)C(=O)OCc3ccc(NC(=O)[C@H](C)NC(=O)[C@@H](NC(=O)CCN4C(=O)C=CC4=O)C(C)C)cc3)c2n1C/C=C/Cn1c2cc(-c3cc(C)nn3CC)ncc2c2cc(C(N)=O)cc(OC)c21. The first-order valence-corrected chi connectivity index (χ1v) is 30.1. The van der Waals surface area contributed by atoms with Crippen molar-refractivity contribution in [3.8, 4) is 22.9 Å². The summed E-state index contributed by atoms with van der Waals surface area (Å²) < 4.78 is 29.3. The third kappa shape index (κ3) is 15.0. The number of primary amides is 2. The highest BCUT2D eigenvalue weighted by molar-refractivity contribution is 6.14. The van der Waals surface area contributed by atoms with Crippen molar-refractivity contribution >= 4 is 97.8 Å². The van der Waals surface area contributed by atoms with Crippen LogP contribution in [0.2, 0.25) is 0 Å². The molecule has 486 valence electrons. The number of benzene rings is 3. The van der Waals surface area contributed by atoms with Gasteiger partial charge in [-0.2, -0.15) is 5.10 Å². The third-order valence-corrected chi connectivity index (χ3v) is 15.5. The Hall–Kier alpha value is -11.2. The van der Waals surface area contributed by atoms with Gasteiger partial charge in [0.15, 0.2) is 5.89 Å². The molecule has 9 amide bonds. The maximum atomic E-state index is 14.0. The number of allylic oxidation sites excluding steroid dienone is 2. The predicted molar refractivity (Wildman–Crippen MR) is 343 cm³/mol. The quantitative estimate of drug-likeness (QED) is 0.0179. The number of oxazole rings is 1. The Balaban J connectivity index is 0.865. The van der Waals surface area contributed by atoms with Crippen molar-refractivity contribution in [2.75, 3.05) is 44.5 Å². The Morgan fingerprint density at radius 3 is 2.15 bits per heavy atom. The zero-order valence-corrected chi connectivity index (χ0v) is 53.0. The second-order valence-electron chi connectivity index (χ2n) is 22.5. The van der Waals surface area contributed by atoms with Gasteiger partial charge in [-0.3, -0.25) is 58.2 Å². The molecule has 0 unspecified atom stereocenters. The number of carbonyl (C=O) groups excluding carboxylic acids is 9. The highest BCUT2D eigenvalue weighted by Gasteiger charge is 2.30. The van der Waals surface area contributed by atoms with Gasteiger partial charge in [0.2, 0.25) is 41.2 Å². The highest BCUT2D eigenvalue weighted by atomic mass is 16.6. The number of aromatic nitrogens is 7. The largest absolute Gasteiger partial charge is 0.495 e. The first-order chi connectivity index (χ1) is 44.5. The lowest BCUT2D eigenvalue weighted by Gasteiger charge is -2.24. The summed E-state index contributed by atoms with van der Waals surface area (Å²) in [5.74, 6) is -4.07. The van der Waals surface area contributed by atoms with E-state index in [4.69, 9.17) is 40.1 Å². The molecule has 8 N–H and O–H groups in total. The number of ether oxygens (including phenoxy) is 3. The highest BCUT2D eigenvalue weighted by Crippen LogP contribution is 2.38. The number of aryl methyl sites for hydroxylation is 4. The Bertz CT molecular complexity index is 4290. The smallest absolute Gasteiger partial charge is 0.409 e. The molecule has 8 aromatic rings. The van der Waals surface area contributed by atoms with Gasteiger partial charge in [-0.25, -0.2) is 14.8 Å². The molecule has 3 aromatic carbocycles. The van der Waals surface area contributed by atoms with E-state index in [1.165, 1.54) is 31.1 Å². The number of imide groups is 1. The van der Waals surface area contributed by atoms with E-state index < -0.39 is 65.4 Å². The molecule has 5 aromatic heterocycles. The van der Waals surface area contributed by atoms with Crippen molar-refractivity contribution in [1.29, 1.82) is 0 Å². The number of nitrogens with two attached hydrogens (primary N) is 2. The van der Waals surface area contributed by atoms with Crippen LogP contribution < -0.4 is 42.2 Å². The van der Waals surface area contributed by atoms with Gasteiger partial charge < -0.3 is 60.1 Å². The molecule has 6 heterocycles. The van der Waals surface area contributed by atoms with E-state index >= 15 is 0 Å². The van der Waals surface area contributed by atoms with E-state index in [-0.39, 0.29) is 85.8 Å². The van der Waals surface area contributed by atoms with Gasteiger partial charge in [0, 0.05) is 99.1 Å². The minimum absolute atomic E-state index is 0.0104. The van der Waals surface area contributed by atoms with E-state index in [1.807, 2.05) is 54.3 Å². The molecule has 1 aliphatic heterocycles. The molecule has 0 saturated heterocycles. The van der Waals surface area contributed by atoms with Crippen molar-refractivity contribution in [2.45, 2.75) is 106 Å². The number of fused-ring (bicyclic) bond motifs is 4. The van der Waals surface area contributed by atoms with Crippen LogP contribution in [-0.2, 0) is 61.4 Å². The van der Waals surface area contributed by atoms with Crippen LogP contribution in [0.1, 0.15) is 102 Å². The molecule has 0 aliphatic carbocycles. The molecule has 0 radical (unpaired) electrons. The van der Waals surface area contributed by atoms with E-state index in [0.29, 0.717) is 70.1 Å². The third-order valence-electron chi connectivity index (χ3n) is 15.5. The summed E-state index contributed by atoms with van der Waals surface area (Å²) >= 11 is 0. The summed E-state index contributed by atoms with van der Waals surface area (Å²) in [6, 6.07) is 14.8. The number of hydrogen-bond acceptors (Lipinski definition) is 17. The molecule has 28 heteroatoms. The van der Waals surface area contributed by atoms with Crippen LogP contribution in [0.4, 0.5) is 16.4 Å². The molecular formula is C65H73N15O13. The minimum atomic E-state index is -1.01. The lowest BCUT2D eigenvalue weighted by molar-refractivity contribution is -0.137. The van der Waals surface area contributed by atoms with E-state index in [0.717, 1.165) is 39.3 Å². The minimum Gasteiger partial charge on any atom is -0.495 e. The molecule has 0 fully saturated rings. The number of anilines is 2. The van der Waals surface area contributed by atoms with Crippen molar-refractivity contribution < 1.29 is 61.8 Å². The van der Waals surface area contributed by atoms with Gasteiger partial charge in [-0.15, -0.1) is 0 Å². The molecule has 93 heavy (non-hydrogen) atoms. The zero-order chi connectivity index (χ0) is 66.9. The first-order valence-electron chi connectivity index (χ1n) is 30.1. The Morgan fingerprint density at radius 2 is 1.48 bits per heavy atom. The fraction of sp³-hybridized carbons (Fsp3) is 0.338. The summed E-state index contributed by atoms with van der Waals surface area (Å²) in [6.07, 6.45) is 7.66. The molecule has 0 saturated carbocycles. The molecule has 1 aliphatic rings. The summed E-state index contributed by atoms with van der Waals surface area (Å²) in [5, 5.41) is 17.0. The van der Waals surface area contributed by atoms with Gasteiger partial charge in [-0.05, 0) is 93.6 Å². The van der Waals surface area contributed by atoms with Crippen LogP contribution in [0.15, 0.2) is 95.6 Å². The summed E-state index contributed by atoms with van der Waals surface area (Å²) in [7, 11) is 3.08. The Kier molecular flexibility index (Phi) is 20.5. The Morgan fingerprint density at radius 1 is 0.796 bits per heavy atom. The van der Waals surface area contributed by atoms with Gasteiger partial charge >= 0.3 is 6.09 Å². The number of methoxy groups -OCH3 is 1. The number of nitrogens with one attached hydrogen (secondary N) is 4. The monoisotopic (exact) mass is 1270 g/mol. The lowest BCUT2D eigenvalue weighted by atomic mass is 10.0. The molecular weight excluding hydrogens is 1200 g/mol.